The third-order valence-corrected chi connectivity index (χ3v) is 3.39. The van der Waals surface area contributed by atoms with Gasteiger partial charge in [-0.05, 0) is 31.7 Å². The second-order valence-corrected chi connectivity index (χ2v) is 4.46. The van der Waals surface area contributed by atoms with Gasteiger partial charge in [-0.2, -0.15) is 0 Å². The highest BCUT2D eigenvalue weighted by Crippen LogP contribution is 2.33. The largest absolute Gasteiger partial charge is 0.279 e. The van der Waals surface area contributed by atoms with E-state index in [-0.39, 0.29) is 0 Å². The van der Waals surface area contributed by atoms with Crippen molar-refractivity contribution in [2.24, 2.45) is 11.8 Å². The minimum Gasteiger partial charge on any atom is -0.279 e. The Morgan fingerprint density at radius 3 is 2.08 bits per heavy atom. The van der Waals surface area contributed by atoms with Crippen LogP contribution in [0, 0.1) is 23.7 Å². The molecule has 1 nitrogen and oxygen atoms in total. The second-order valence-electron chi connectivity index (χ2n) is 4.46. The molecule has 0 amide bonds. The first-order chi connectivity index (χ1) is 5.68. The zero-order chi connectivity index (χ0) is 8.72. The monoisotopic (exact) mass is 163 g/mol. The zero-order valence-electron chi connectivity index (χ0n) is 8.17. The van der Waals surface area contributed by atoms with Crippen LogP contribution in [0.2, 0.25) is 0 Å². The molecule has 2 aliphatic heterocycles. The molecule has 2 bridgehead atoms. The molecular weight excluding hydrogens is 146 g/mol. The van der Waals surface area contributed by atoms with Gasteiger partial charge in [-0.3, -0.25) is 4.90 Å². The molecule has 0 N–H and O–H groups in total. The Bertz CT molecular complexity index is 215. The Labute approximate surface area is 75.1 Å². The molecule has 2 heterocycles. The standard InChI is InChI=1S/C11H17N/c1-8(2)9-6-10-4-5-11(7-9)12(10)3/h8-11H,6-7H2,1-3H3/t9?,10-,11+. The first kappa shape index (κ1) is 8.13. The molecule has 0 saturated carbocycles. The summed E-state index contributed by atoms with van der Waals surface area (Å²) in [5.74, 6) is 8.37. The van der Waals surface area contributed by atoms with Gasteiger partial charge in [0.2, 0.25) is 0 Å². The van der Waals surface area contributed by atoms with Crippen molar-refractivity contribution in [1.82, 2.24) is 4.90 Å². The highest BCUT2D eigenvalue weighted by atomic mass is 15.2. The van der Waals surface area contributed by atoms with Crippen LogP contribution in [0.15, 0.2) is 0 Å². The summed E-state index contributed by atoms with van der Waals surface area (Å²) < 4.78 is 0. The van der Waals surface area contributed by atoms with E-state index in [1.54, 1.807) is 0 Å². The molecule has 2 aliphatic rings. The third-order valence-electron chi connectivity index (χ3n) is 3.39. The van der Waals surface area contributed by atoms with Crippen LogP contribution in [0.5, 0.6) is 0 Å². The minimum atomic E-state index is 0.566. The fourth-order valence-electron chi connectivity index (χ4n) is 2.28. The molecular formula is C11H17N. The molecule has 1 fully saturated rings. The maximum Gasteiger partial charge on any atom is 0.0725 e. The summed E-state index contributed by atoms with van der Waals surface area (Å²) in [4.78, 5) is 2.40. The lowest BCUT2D eigenvalue weighted by molar-refractivity contribution is 0.127. The van der Waals surface area contributed by atoms with Gasteiger partial charge >= 0.3 is 0 Å². The van der Waals surface area contributed by atoms with Crippen LogP contribution in [0.25, 0.3) is 0 Å². The fourth-order valence-corrected chi connectivity index (χ4v) is 2.28. The number of rotatable bonds is 1. The van der Waals surface area contributed by atoms with E-state index in [1.165, 1.54) is 12.8 Å². The first-order valence-electron chi connectivity index (χ1n) is 4.91. The Morgan fingerprint density at radius 2 is 1.67 bits per heavy atom. The zero-order valence-corrected chi connectivity index (χ0v) is 8.17. The van der Waals surface area contributed by atoms with E-state index < -0.39 is 0 Å². The van der Waals surface area contributed by atoms with Crippen molar-refractivity contribution < 1.29 is 0 Å². The third kappa shape index (κ3) is 1.15. The maximum atomic E-state index is 3.33. The normalized spacial score (nSPS) is 39.8. The maximum absolute atomic E-state index is 3.33. The summed E-state index contributed by atoms with van der Waals surface area (Å²) in [5.41, 5.74) is 0. The van der Waals surface area contributed by atoms with Gasteiger partial charge in [-0.1, -0.05) is 25.7 Å². The Morgan fingerprint density at radius 1 is 1.17 bits per heavy atom. The van der Waals surface area contributed by atoms with E-state index in [0.717, 1.165) is 11.8 Å². The van der Waals surface area contributed by atoms with Crippen LogP contribution in [0.4, 0.5) is 0 Å². The van der Waals surface area contributed by atoms with E-state index in [0.29, 0.717) is 12.1 Å². The lowest BCUT2D eigenvalue weighted by atomic mass is 9.82. The van der Waals surface area contributed by atoms with Crippen LogP contribution in [0.3, 0.4) is 0 Å². The van der Waals surface area contributed by atoms with Crippen molar-refractivity contribution in [2.75, 3.05) is 7.05 Å². The van der Waals surface area contributed by atoms with Crippen LogP contribution in [-0.2, 0) is 0 Å². The van der Waals surface area contributed by atoms with Gasteiger partial charge in [-0.25, -0.2) is 0 Å². The minimum absolute atomic E-state index is 0.566. The number of piperidine rings is 1. The van der Waals surface area contributed by atoms with E-state index in [1.807, 2.05) is 0 Å². The van der Waals surface area contributed by atoms with E-state index in [9.17, 15) is 0 Å². The van der Waals surface area contributed by atoms with Crippen molar-refractivity contribution in [1.29, 1.82) is 0 Å². The van der Waals surface area contributed by atoms with Gasteiger partial charge in [0.15, 0.2) is 0 Å². The SMILES string of the molecule is CC(C)C1C[C@H]2C#C[C@@H](C1)N2C. The smallest absolute Gasteiger partial charge is 0.0725 e. The lowest BCUT2D eigenvalue weighted by Gasteiger charge is -2.37. The second kappa shape index (κ2) is 2.78. The van der Waals surface area contributed by atoms with Crippen LogP contribution in [0.1, 0.15) is 26.7 Å². The van der Waals surface area contributed by atoms with Gasteiger partial charge in [0.25, 0.3) is 0 Å². The van der Waals surface area contributed by atoms with Crippen molar-refractivity contribution in [3.8, 4) is 11.8 Å². The molecule has 66 valence electrons. The summed E-state index contributed by atoms with van der Waals surface area (Å²) in [6.07, 6.45) is 2.58. The fraction of sp³-hybridized carbons (Fsp3) is 0.818. The summed E-state index contributed by atoms with van der Waals surface area (Å²) in [5, 5.41) is 0. The van der Waals surface area contributed by atoms with Gasteiger partial charge < -0.3 is 0 Å². The van der Waals surface area contributed by atoms with E-state index in [4.69, 9.17) is 0 Å². The number of nitrogens with zero attached hydrogens (tertiary/aromatic N) is 1. The molecule has 0 aromatic rings. The Kier molecular flexibility index (Phi) is 1.88. The summed E-state index contributed by atoms with van der Waals surface area (Å²) >= 11 is 0. The highest BCUT2D eigenvalue weighted by Gasteiger charge is 2.35. The van der Waals surface area contributed by atoms with Gasteiger partial charge in [-0.15, -0.1) is 0 Å². The first-order valence-corrected chi connectivity index (χ1v) is 4.91. The molecule has 3 atom stereocenters. The van der Waals surface area contributed by atoms with Gasteiger partial charge in [0.1, 0.15) is 0 Å². The number of hydrogen-bond acceptors (Lipinski definition) is 1. The Balaban J connectivity index is 2.07. The molecule has 2 rings (SSSR count). The Hall–Kier alpha value is -0.480. The number of hydrogen-bond donors (Lipinski definition) is 0. The highest BCUT2D eigenvalue weighted by molar-refractivity contribution is 5.24. The average Bonchev–Trinajstić information content (AvgIpc) is 2.30. The van der Waals surface area contributed by atoms with Crippen molar-refractivity contribution in [3.63, 3.8) is 0 Å². The molecule has 0 aromatic heterocycles. The molecule has 12 heavy (non-hydrogen) atoms. The predicted molar refractivity (Wildman–Crippen MR) is 50.7 cm³/mol. The number of fused-ring (bicyclic) bond motifs is 2. The quantitative estimate of drug-likeness (QED) is 0.532. The predicted octanol–water partition coefficient (Wildman–Crippen LogP) is 1.74. The van der Waals surface area contributed by atoms with Crippen molar-refractivity contribution in [2.45, 2.75) is 38.8 Å². The summed E-state index contributed by atoms with van der Waals surface area (Å²) in [6, 6.07) is 1.13. The van der Waals surface area contributed by atoms with Crippen LogP contribution in [-0.4, -0.2) is 24.0 Å². The lowest BCUT2D eigenvalue weighted by Crippen LogP contribution is -2.42. The molecule has 0 radical (unpaired) electrons. The van der Waals surface area contributed by atoms with Crippen molar-refractivity contribution >= 4 is 0 Å². The van der Waals surface area contributed by atoms with Crippen molar-refractivity contribution in [3.05, 3.63) is 0 Å². The van der Waals surface area contributed by atoms with E-state index in [2.05, 4.69) is 37.6 Å². The van der Waals surface area contributed by atoms with Crippen LogP contribution < -0.4 is 0 Å². The molecule has 1 heteroatoms. The summed E-state index contributed by atoms with van der Waals surface area (Å²) in [7, 11) is 2.19. The molecule has 0 spiro atoms. The molecule has 0 aliphatic carbocycles. The van der Waals surface area contributed by atoms with Gasteiger partial charge in [0, 0.05) is 0 Å². The average molecular weight is 163 g/mol. The molecule has 1 unspecified atom stereocenters. The molecule has 0 aromatic carbocycles. The molecule has 1 saturated heterocycles. The topological polar surface area (TPSA) is 3.24 Å². The van der Waals surface area contributed by atoms with Crippen LogP contribution >= 0.6 is 0 Å². The van der Waals surface area contributed by atoms with Gasteiger partial charge in [0.05, 0.1) is 12.1 Å². The van der Waals surface area contributed by atoms with E-state index >= 15 is 0 Å². The summed E-state index contributed by atoms with van der Waals surface area (Å²) in [6.45, 7) is 4.66.